The highest BCUT2D eigenvalue weighted by Crippen LogP contribution is 2.17. The molecule has 0 aliphatic carbocycles. The first-order chi connectivity index (χ1) is 12.0. The van der Waals surface area contributed by atoms with Gasteiger partial charge in [-0.3, -0.25) is 15.0 Å². The molecule has 0 aliphatic rings. The summed E-state index contributed by atoms with van der Waals surface area (Å²) in [6.07, 6.45) is 0. The van der Waals surface area contributed by atoms with E-state index in [-0.39, 0.29) is 12.5 Å². The number of halogens is 1. The van der Waals surface area contributed by atoms with Crippen LogP contribution in [0.25, 0.3) is 0 Å². The van der Waals surface area contributed by atoms with Gasteiger partial charge >= 0.3 is 6.03 Å². The summed E-state index contributed by atoms with van der Waals surface area (Å²) in [5.41, 5.74) is 1.65. The van der Waals surface area contributed by atoms with Crippen LogP contribution in [-0.2, 0) is 11.3 Å². The van der Waals surface area contributed by atoms with Crippen LogP contribution in [0.4, 0.5) is 10.5 Å². The van der Waals surface area contributed by atoms with Crippen LogP contribution in [0, 0.1) is 0 Å². The number of anilines is 1. The van der Waals surface area contributed by atoms with Crippen LogP contribution in [0.15, 0.2) is 53.0 Å². The van der Waals surface area contributed by atoms with Crippen molar-refractivity contribution < 1.29 is 14.3 Å². The molecule has 25 heavy (non-hydrogen) atoms. The second-order valence-corrected chi connectivity index (χ2v) is 6.35. The van der Waals surface area contributed by atoms with E-state index in [0.29, 0.717) is 18.0 Å². The number of carbonyl (C=O) groups excluding carboxylic acids is 2. The summed E-state index contributed by atoms with van der Waals surface area (Å²) >= 11 is 3.48. The zero-order valence-corrected chi connectivity index (χ0v) is 15.7. The minimum Gasteiger partial charge on any atom is -0.497 e. The number of urea groups is 1. The van der Waals surface area contributed by atoms with Gasteiger partial charge in [0.05, 0.1) is 13.7 Å². The summed E-state index contributed by atoms with van der Waals surface area (Å²) in [5, 5.41) is 4.92. The molecule has 7 heteroatoms. The number of amides is 3. The van der Waals surface area contributed by atoms with E-state index < -0.39 is 6.03 Å². The predicted octanol–water partition coefficient (Wildman–Crippen LogP) is 3.24. The van der Waals surface area contributed by atoms with Gasteiger partial charge in [0.1, 0.15) is 5.75 Å². The molecule has 0 unspecified atom stereocenters. The Hall–Kier alpha value is -2.38. The molecule has 132 valence electrons. The second-order valence-electron chi connectivity index (χ2n) is 5.49. The van der Waals surface area contributed by atoms with Crippen LogP contribution in [0.3, 0.4) is 0 Å². The Balaban J connectivity index is 1.80. The van der Waals surface area contributed by atoms with E-state index in [0.717, 1.165) is 10.0 Å². The lowest BCUT2D eigenvalue weighted by Crippen LogP contribution is -2.40. The number of carbonyl (C=O) groups is 2. The largest absolute Gasteiger partial charge is 0.497 e. The molecule has 0 saturated carbocycles. The van der Waals surface area contributed by atoms with Crippen LogP contribution in [-0.4, -0.2) is 37.5 Å². The molecule has 0 bridgehead atoms. The maximum absolute atomic E-state index is 12.0. The predicted molar refractivity (Wildman–Crippen MR) is 101 cm³/mol. The minimum absolute atomic E-state index is 0.108. The summed E-state index contributed by atoms with van der Waals surface area (Å²) in [7, 11) is 3.39. The fraction of sp³-hybridized carbons (Fsp3) is 0.222. The Morgan fingerprint density at radius 2 is 1.80 bits per heavy atom. The van der Waals surface area contributed by atoms with Gasteiger partial charge in [0.2, 0.25) is 5.91 Å². The van der Waals surface area contributed by atoms with E-state index in [1.54, 1.807) is 31.4 Å². The second kappa shape index (κ2) is 9.19. The van der Waals surface area contributed by atoms with Gasteiger partial charge in [-0.15, -0.1) is 0 Å². The smallest absolute Gasteiger partial charge is 0.325 e. The summed E-state index contributed by atoms with van der Waals surface area (Å²) in [4.78, 5) is 25.7. The van der Waals surface area contributed by atoms with Gasteiger partial charge in [-0.25, -0.2) is 4.79 Å². The van der Waals surface area contributed by atoms with Gasteiger partial charge in [-0.2, -0.15) is 0 Å². The number of hydrogen-bond acceptors (Lipinski definition) is 4. The minimum atomic E-state index is -0.565. The van der Waals surface area contributed by atoms with Gasteiger partial charge in [0.25, 0.3) is 0 Å². The number of methoxy groups -OCH3 is 1. The van der Waals surface area contributed by atoms with E-state index in [4.69, 9.17) is 4.74 Å². The van der Waals surface area contributed by atoms with Crippen molar-refractivity contribution in [3.63, 3.8) is 0 Å². The number of ether oxygens (including phenoxy) is 1. The zero-order valence-electron chi connectivity index (χ0n) is 14.1. The average Bonchev–Trinajstić information content (AvgIpc) is 2.57. The van der Waals surface area contributed by atoms with Crippen LogP contribution in [0.5, 0.6) is 5.75 Å². The quantitative estimate of drug-likeness (QED) is 0.773. The molecule has 0 spiro atoms. The topological polar surface area (TPSA) is 70.7 Å². The molecular weight excluding hydrogens is 386 g/mol. The molecule has 6 nitrogen and oxygen atoms in total. The first-order valence-electron chi connectivity index (χ1n) is 7.65. The lowest BCUT2D eigenvalue weighted by molar-refractivity contribution is -0.120. The standard InChI is InChI=1S/C18H20BrN3O3/c1-22(11-13-5-3-4-6-16(13)19)12-17(23)21-18(24)20-14-7-9-15(25-2)10-8-14/h3-10H,11-12H2,1-2H3,(H2,20,21,23,24). The Labute approximate surface area is 155 Å². The SMILES string of the molecule is COc1ccc(NC(=O)NC(=O)CN(C)Cc2ccccc2Br)cc1. The number of likely N-dealkylation sites (N-methyl/N-ethyl adjacent to an activating group) is 1. The van der Waals surface area contributed by atoms with Crippen molar-refractivity contribution in [1.82, 2.24) is 10.2 Å². The first kappa shape index (κ1) is 19.0. The molecule has 2 rings (SSSR count). The maximum atomic E-state index is 12.0. The van der Waals surface area contributed by atoms with Crippen molar-refractivity contribution in [1.29, 1.82) is 0 Å². The Kier molecular flexibility index (Phi) is 6.97. The number of nitrogens with one attached hydrogen (secondary N) is 2. The van der Waals surface area contributed by atoms with Gasteiger partial charge in [0, 0.05) is 16.7 Å². The van der Waals surface area contributed by atoms with E-state index in [2.05, 4.69) is 26.6 Å². The molecule has 2 N–H and O–H groups in total. The summed E-state index contributed by atoms with van der Waals surface area (Å²) < 4.78 is 6.03. The summed E-state index contributed by atoms with van der Waals surface area (Å²) in [6, 6.07) is 14.1. The van der Waals surface area contributed by atoms with Gasteiger partial charge in [0.15, 0.2) is 0 Å². The third-order valence-corrected chi connectivity index (χ3v) is 4.19. The van der Waals surface area contributed by atoms with Crippen molar-refractivity contribution in [2.75, 3.05) is 26.0 Å². The molecule has 3 amide bonds. The fourth-order valence-corrected chi connectivity index (χ4v) is 2.63. The molecule has 0 radical (unpaired) electrons. The van der Waals surface area contributed by atoms with Gasteiger partial charge in [-0.05, 0) is 42.9 Å². The zero-order chi connectivity index (χ0) is 18.2. The van der Waals surface area contributed by atoms with Crippen molar-refractivity contribution in [2.24, 2.45) is 0 Å². The van der Waals surface area contributed by atoms with Crippen LogP contribution in [0.2, 0.25) is 0 Å². The summed E-state index contributed by atoms with van der Waals surface area (Å²) in [5.74, 6) is 0.316. The van der Waals surface area contributed by atoms with Crippen LogP contribution in [0.1, 0.15) is 5.56 Å². The van der Waals surface area contributed by atoms with Gasteiger partial charge in [-0.1, -0.05) is 34.1 Å². The number of imide groups is 1. The molecule has 2 aromatic carbocycles. The molecule has 0 atom stereocenters. The number of nitrogens with zero attached hydrogens (tertiary/aromatic N) is 1. The Bertz CT molecular complexity index is 735. The molecule has 0 heterocycles. The normalized spacial score (nSPS) is 10.4. The monoisotopic (exact) mass is 405 g/mol. The fourth-order valence-electron chi connectivity index (χ4n) is 2.22. The maximum Gasteiger partial charge on any atom is 0.325 e. The summed E-state index contributed by atoms with van der Waals surface area (Å²) in [6.45, 7) is 0.701. The molecule has 0 aliphatic heterocycles. The first-order valence-corrected chi connectivity index (χ1v) is 8.44. The van der Waals surface area contributed by atoms with E-state index in [9.17, 15) is 9.59 Å². The van der Waals surface area contributed by atoms with Crippen molar-refractivity contribution in [3.8, 4) is 5.75 Å². The number of hydrogen-bond donors (Lipinski definition) is 2. The van der Waals surface area contributed by atoms with Gasteiger partial charge < -0.3 is 10.1 Å². The Morgan fingerprint density at radius 3 is 2.44 bits per heavy atom. The van der Waals surface area contributed by atoms with E-state index in [1.807, 2.05) is 36.2 Å². The average molecular weight is 406 g/mol. The lowest BCUT2D eigenvalue weighted by atomic mass is 10.2. The number of rotatable bonds is 6. The van der Waals surface area contributed by atoms with Crippen molar-refractivity contribution >= 4 is 33.6 Å². The molecule has 0 fully saturated rings. The van der Waals surface area contributed by atoms with E-state index >= 15 is 0 Å². The number of benzene rings is 2. The third kappa shape index (κ3) is 6.21. The highest BCUT2D eigenvalue weighted by Gasteiger charge is 2.12. The third-order valence-electron chi connectivity index (χ3n) is 3.41. The van der Waals surface area contributed by atoms with Crippen molar-refractivity contribution in [2.45, 2.75) is 6.54 Å². The molecule has 0 saturated heterocycles. The molecule has 2 aromatic rings. The van der Waals surface area contributed by atoms with Crippen LogP contribution >= 0.6 is 15.9 Å². The highest BCUT2D eigenvalue weighted by molar-refractivity contribution is 9.10. The Morgan fingerprint density at radius 1 is 1.12 bits per heavy atom. The van der Waals surface area contributed by atoms with Crippen LogP contribution < -0.4 is 15.4 Å². The molecular formula is C18H20BrN3O3. The van der Waals surface area contributed by atoms with E-state index in [1.165, 1.54) is 0 Å². The highest BCUT2D eigenvalue weighted by atomic mass is 79.9. The lowest BCUT2D eigenvalue weighted by Gasteiger charge is -2.17. The molecule has 0 aromatic heterocycles. The van der Waals surface area contributed by atoms with Crippen molar-refractivity contribution in [3.05, 3.63) is 58.6 Å².